The van der Waals surface area contributed by atoms with Crippen LogP contribution >= 0.6 is 0 Å². The number of esters is 1. The van der Waals surface area contributed by atoms with Gasteiger partial charge in [-0.25, -0.2) is 4.79 Å². The van der Waals surface area contributed by atoms with Crippen LogP contribution < -0.4 is 5.32 Å². The molecule has 0 aromatic heterocycles. The molecular weight excluding hydrogens is 450 g/mol. The lowest BCUT2D eigenvalue weighted by atomic mass is 9.89. The molecule has 1 fully saturated rings. The van der Waals surface area contributed by atoms with Gasteiger partial charge in [0.05, 0.1) is 12.0 Å². The SMILES string of the molecule is CO[C@H]1/C=C/CC/C=C/C(=O)O[C@@H]([C@@H](C)C(=O)/C=C/CC2CC(=O)NC(=O)C2)/C(C)=C\[C@H](C)[C@H]1O. The Labute approximate surface area is 207 Å². The van der Waals surface area contributed by atoms with E-state index in [1.165, 1.54) is 19.3 Å². The summed E-state index contributed by atoms with van der Waals surface area (Å²) in [4.78, 5) is 48.5. The number of aliphatic hydroxyl groups is 1. The number of hydrogen-bond donors (Lipinski definition) is 2. The van der Waals surface area contributed by atoms with Gasteiger partial charge in [-0.05, 0) is 43.8 Å². The molecule has 0 unspecified atom stereocenters. The van der Waals surface area contributed by atoms with Crippen LogP contribution in [0.15, 0.2) is 48.1 Å². The number of ether oxygens (including phenoxy) is 2. The van der Waals surface area contributed by atoms with E-state index in [9.17, 15) is 24.3 Å². The number of imide groups is 1. The average molecular weight is 488 g/mol. The third kappa shape index (κ3) is 9.03. The van der Waals surface area contributed by atoms with Crippen LogP contribution in [-0.2, 0) is 28.7 Å². The monoisotopic (exact) mass is 487 g/mol. The lowest BCUT2D eigenvalue weighted by Crippen LogP contribution is -2.38. The van der Waals surface area contributed by atoms with E-state index >= 15 is 0 Å². The first-order valence-corrected chi connectivity index (χ1v) is 12.1. The number of cyclic esters (lactones) is 1. The molecule has 2 N–H and O–H groups in total. The molecule has 0 bridgehead atoms. The summed E-state index contributed by atoms with van der Waals surface area (Å²) in [6.45, 7) is 5.30. The van der Waals surface area contributed by atoms with Crippen molar-refractivity contribution in [3.8, 4) is 0 Å². The number of nitrogens with one attached hydrogen (secondary N) is 1. The Hall–Kier alpha value is -2.84. The number of rotatable bonds is 6. The highest BCUT2D eigenvalue weighted by atomic mass is 16.5. The Morgan fingerprint density at radius 1 is 1.23 bits per heavy atom. The van der Waals surface area contributed by atoms with Crippen molar-refractivity contribution in [2.24, 2.45) is 17.8 Å². The van der Waals surface area contributed by atoms with Crippen LogP contribution in [0, 0.1) is 17.8 Å². The maximum absolute atomic E-state index is 12.9. The molecule has 0 spiro atoms. The van der Waals surface area contributed by atoms with Crippen molar-refractivity contribution in [3.63, 3.8) is 0 Å². The minimum atomic E-state index is -0.819. The van der Waals surface area contributed by atoms with Crippen LogP contribution in [0.1, 0.15) is 52.9 Å². The van der Waals surface area contributed by atoms with Gasteiger partial charge in [0.1, 0.15) is 12.2 Å². The minimum Gasteiger partial charge on any atom is -0.454 e. The average Bonchev–Trinajstić information content (AvgIpc) is 2.79. The maximum atomic E-state index is 12.9. The van der Waals surface area contributed by atoms with Crippen molar-refractivity contribution in [3.05, 3.63) is 48.1 Å². The zero-order valence-electron chi connectivity index (χ0n) is 20.9. The van der Waals surface area contributed by atoms with Crippen LogP contribution in [0.5, 0.6) is 0 Å². The van der Waals surface area contributed by atoms with Crippen molar-refractivity contribution in [1.29, 1.82) is 0 Å². The molecule has 0 aliphatic carbocycles. The van der Waals surface area contributed by atoms with Gasteiger partial charge in [0.25, 0.3) is 0 Å². The molecule has 35 heavy (non-hydrogen) atoms. The number of carbonyl (C=O) groups is 4. The standard InChI is InChI=1S/C27H37NO7/c1-17-14-18(2)27(35-25(32)13-8-6-5-7-12-22(34-4)26(17)33)19(3)21(29)11-9-10-20-15-23(30)28-24(31)16-20/h7-9,11-14,17,19-20,22,26-27,33H,5-6,10,15-16H2,1-4H3,(H,28,30,31)/b11-9+,12-7+,13-8+,18-14-/t17-,19-,22-,26+,27+/m0/s1. The number of carbonyl (C=O) groups excluding carboxylic acids is 4. The second-order valence-electron chi connectivity index (χ2n) is 9.30. The summed E-state index contributed by atoms with van der Waals surface area (Å²) in [5, 5.41) is 13.0. The van der Waals surface area contributed by atoms with Crippen LogP contribution in [0.4, 0.5) is 0 Å². The summed E-state index contributed by atoms with van der Waals surface area (Å²) in [6.07, 6.45) is 11.8. The molecule has 0 radical (unpaired) electrons. The topological polar surface area (TPSA) is 119 Å². The fraction of sp³-hybridized carbons (Fsp3) is 0.556. The predicted molar refractivity (Wildman–Crippen MR) is 131 cm³/mol. The molecule has 2 aliphatic heterocycles. The predicted octanol–water partition coefficient (Wildman–Crippen LogP) is 2.97. The highest BCUT2D eigenvalue weighted by molar-refractivity contribution is 5.97. The zero-order chi connectivity index (χ0) is 26.0. The Morgan fingerprint density at radius 3 is 2.54 bits per heavy atom. The smallest absolute Gasteiger partial charge is 0.331 e. The highest BCUT2D eigenvalue weighted by Crippen LogP contribution is 2.24. The molecule has 0 aromatic rings. The molecule has 0 saturated carbocycles. The third-order valence-corrected chi connectivity index (χ3v) is 6.33. The van der Waals surface area contributed by atoms with E-state index in [4.69, 9.17) is 9.47 Å². The normalized spacial score (nSPS) is 31.6. The van der Waals surface area contributed by atoms with Gasteiger partial charge < -0.3 is 14.6 Å². The zero-order valence-corrected chi connectivity index (χ0v) is 20.9. The van der Waals surface area contributed by atoms with Gasteiger partial charge in [0.2, 0.25) is 11.8 Å². The van der Waals surface area contributed by atoms with Gasteiger partial charge in [-0.3, -0.25) is 19.7 Å². The van der Waals surface area contributed by atoms with Crippen molar-refractivity contribution >= 4 is 23.6 Å². The second kappa shape index (κ2) is 13.9. The van der Waals surface area contributed by atoms with Crippen LogP contribution in [0.25, 0.3) is 0 Å². The van der Waals surface area contributed by atoms with Gasteiger partial charge in [0.15, 0.2) is 5.78 Å². The molecule has 2 heterocycles. The third-order valence-electron chi connectivity index (χ3n) is 6.33. The van der Waals surface area contributed by atoms with Gasteiger partial charge in [-0.1, -0.05) is 44.2 Å². The Kier molecular flexibility index (Phi) is 11.3. The number of ketones is 1. The minimum absolute atomic E-state index is 0.139. The summed E-state index contributed by atoms with van der Waals surface area (Å²) in [5.74, 6) is -2.52. The molecule has 8 heteroatoms. The van der Waals surface area contributed by atoms with Gasteiger partial charge in [0, 0.05) is 31.9 Å². The van der Waals surface area contributed by atoms with Crippen molar-refractivity contribution in [2.75, 3.05) is 7.11 Å². The molecule has 192 valence electrons. The number of allylic oxidation sites excluding steroid dienone is 4. The number of hydrogen-bond acceptors (Lipinski definition) is 7. The number of aliphatic hydroxyl groups excluding tert-OH is 1. The molecule has 2 rings (SSSR count). The first-order chi connectivity index (χ1) is 16.6. The van der Waals surface area contributed by atoms with Gasteiger partial charge in [-0.15, -0.1) is 0 Å². The first kappa shape index (κ1) is 28.4. The fourth-order valence-corrected chi connectivity index (χ4v) is 4.29. The van der Waals surface area contributed by atoms with Crippen molar-refractivity contribution in [2.45, 2.75) is 71.2 Å². The first-order valence-electron chi connectivity index (χ1n) is 12.1. The van der Waals surface area contributed by atoms with E-state index in [0.717, 1.165) is 0 Å². The summed E-state index contributed by atoms with van der Waals surface area (Å²) in [7, 11) is 1.54. The molecule has 8 nitrogen and oxygen atoms in total. The van der Waals surface area contributed by atoms with E-state index in [1.54, 1.807) is 32.1 Å². The second-order valence-corrected chi connectivity index (χ2v) is 9.30. The summed E-state index contributed by atoms with van der Waals surface area (Å²) in [5.41, 5.74) is 0.651. The summed E-state index contributed by atoms with van der Waals surface area (Å²) >= 11 is 0. The van der Waals surface area contributed by atoms with E-state index in [0.29, 0.717) is 24.8 Å². The Bertz CT molecular complexity index is 885. The van der Waals surface area contributed by atoms with Crippen molar-refractivity contribution in [1.82, 2.24) is 5.32 Å². The van der Waals surface area contributed by atoms with E-state index in [2.05, 4.69) is 5.32 Å². The Morgan fingerprint density at radius 2 is 1.89 bits per heavy atom. The lowest BCUT2D eigenvalue weighted by molar-refractivity contribution is -0.145. The molecular formula is C27H37NO7. The number of amides is 2. The fourth-order valence-electron chi connectivity index (χ4n) is 4.29. The summed E-state index contributed by atoms with van der Waals surface area (Å²) < 4.78 is 11.1. The summed E-state index contributed by atoms with van der Waals surface area (Å²) in [6, 6.07) is 0. The van der Waals surface area contributed by atoms with E-state index in [1.807, 2.05) is 19.1 Å². The van der Waals surface area contributed by atoms with Crippen LogP contribution in [0.3, 0.4) is 0 Å². The van der Waals surface area contributed by atoms with E-state index in [-0.39, 0.29) is 42.3 Å². The number of piperidine rings is 1. The highest BCUT2D eigenvalue weighted by Gasteiger charge is 2.30. The van der Waals surface area contributed by atoms with E-state index < -0.39 is 30.2 Å². The lowest BCUT2D eigenvalue weighted by Gasteiger charge is -2.27. The largest absolute Gasteiger partial charge is 0.454 e. The molecule has 2 aliphatic rings. The molecule has 1 saturated heterocycles. The molecule has 0 aromatic carbocycles. The van der Waals surface area contributed by atoms with Crippen LogP contribution in [0.2, 0.25) is 0 Å². The molecule has 5 atom stereocenters. The molecule has 2 amide bonds. The quantitative estimate of drug-likeness (QED) is 0.256. The Balaban J connectivity index is 2.19. The van der Waals surface area contributed by atoms with Gasteiger partial charge >= 0.3 is 5.97 Å². The van der Waals surface area contributed by atoms with Crippen LogP contribution in [-0.4, -0.2) is 54.1 Å². The maximum Gasteiger partial charge on any atom is 0.331 e. The number of methoxy groups -OCH3 is 1. The van der Waals surface area contributed by atoms with Crippen molar-refractivity contribution < 1.29 is 33.8 Å². The van der Waals surface area contributed by atoms with Gasteiger partial charge in [-0.2, -0.15) is 0 Å².